The third-order valence-electron chi connectivity index (χ3n) is 24.3. The lowest BCUT2D eigenvalue weighted by Crippen LogP contribution is -2.72. The lowest BCUT2D eigenvalue weighted by atomic mass is 9.88. The van der Waals surface area contributed by atoms with E-state index in [1.165, 1.54) is 148 Å². The molecule has 0 aromatic rings. The van der Waals surface area contributed by atoms with Crippen LogP contribution in [0.3, 0.4) is 0 Å². The molecule has 0 radical (unpaired) electrons. The Bertz CT molecular complexity index is 3010. The topological polar surface area (TPSA) is 600 Å². The summed E-state index contributed by atoms with van der Waals surface area (Å²) in [5, 5.41) is 222. The van der Waals surface area contributed by atoms with Gasteiger partial charge in [0.15, 0.2) is 31.5 Å². The van der Waals surface area contributed by atoms with Gasteiger partial charge in [-0.1, -0.05) is 205 Å². The summed E-state index contributed by atoms with van der Waals surface area (Å²) in [6, 6.07) is -4.88. The summed E-state index contributed by atoms with van der Waals surface area (Å²) in [6.45, 7) is 1.49. The minimum Gasteiger partial charge on any atom is -0.477 e. The Morgan fingerprint density at radius 2 is 0.840 bits per heavy atom. The van der Waals surface area contributed by atoms with Crippen molar-refractivity contribution in [3.8, 4) is 0 Å². The van der Waals surface area contributed by atoms with Gasteiger partial charge in [-0.25, -0.2) is 4.79 Å². The number of carbonyl (C=O) groups excluding carboxylic acids is 3. The molecule has 33 atom stereocenters. The van der Waals surface area contributed by atoms with Crippen LogP contribution in [0.5, 0.6) is 0 Å². The van der Waals surface area contributed by atoms with Crippen molar-refractivity contribution in [3.05, 3.63) is 24.3 Å². The van der Waals surface area contributed by atoms with Crippen molar-refractivity contribution >= 4 is 23.7 Å². The number of rotatable bonds is 61. The monoisotopic (exact) mass is 1800 g/mol. The van der Waals surface area contributed by atoms with Crippen LogP contribution in [0.15, 0.2) is 24.3 Å². The number of carboxylic acid groups (broad SMARTS) is 1. The van der Waals surface area contributed by atoms with Crippen molar-refractivity contribution in [2.24, 2.45) is 0 Å². The van der Waals surface area contributed by atoms with E-state index in [-0.39, 0.29) is 12.3 Å². The minimum atomic E-state index is -3.30. The minimum absolute atomic E-state index is 0.145. The average molecular weight is 1800 g/mol. The summed E-state index contributed by atoms with van der Waals surface area (Å²) in [5.74, 6) is -7.64. The van der Waals surface area contributed by atoms with Gasteiger partial charge in [0.25, 0.3) is 5.79 Å². The molecule has 0 aliphatic carbocycles. The molecule has 0 spiro atoms. The van der Waals surface area contributed by atoms with Gasteiger partial charge in [-0.2, -0.15) is 0 Å². The second-order valence-corrected chi connectivity index (χ2v) is 34.5. The number of allylic oxidation sites excluding steroid dienone is 3. The molecule has 22 N–H and O–H groups in total. The van der Waals surface area contributed by atoms with Crippen molar-refractivity contribution in [2.75, 3.05) is 39.6 Å². The Kier molecular flexibility index (Phi) is 51.8. The summed E-state index contributed by atoms with van der Waals surface area (Å²) >= 11 is 0. The molecule has 6 aliphatic rings. The van der Waals surface area contributed by atoms with Gasteiger partial charge in [-0.15, -0.1) is 0 Å². The fourth-order valence-corrected chi connectivity index (χ4v) is 16.9. The number of carboxylic acids is 1. The summed E-state index contributed by atoms with van der Waals surface area (Å²) in [6.07, 6.45) is -14.3. The van der Waals surface area contributed by atoms with Crippen molar-refractivity contribution in [2.45, 2.75) is 461 Å². The Morgan fingerprint density at radius 3 is 1.33 bits per heavy atom. The predicted molar refractivity (Wildman–Crippen MR) is 446 cm³/mol. The fraction of sp³-hybridized carbons (Fsp3) is 0.908. The van der Waals surface area contributed by atoms with Crippen LogP contribution in [-0.2, 0) is 76.0 Å². The van der Waals surface area contributed by atoms with Crippen LogP contribution in [-0.4, -0.2) is 362 Å². The molecule has 6 fully saturated rings. The fourth-order valence-electron chi connectivity index (χ4n) is 16.9. The van der Waals surface area contributed by atoms with Crippen LogP contribution in [0.2, 0.25) is 0 Å². The maximum atomic E-state index is 13.7. The molecule has 38 heteroatoms. The Hall–Kier alpha value is -3.84. The molecule has 6 heterocycles. The van der Waals surface area contributed by atoms with Gasteiger partial charge >= 0.3 is 5.97 Å². The first kappa shape index (κ1) is 110. The molecule has 38 nitrogen and oxygen atoms in total. The maximum Gasteiger partial charge on any atom is 0.364 e. The van der Waals surface area contributed by atoms with E-state index < -0.39 is 266 Å². The van der Waals surface area contributed by atoms with Crippen LogP contribution >= 0.6 is 0 Å². The van der Waals surface area contributed by atoms with Gasteiger partial charge < -0.3 is 170 Å². The molecule has 0 aromatic carbocycles. The largest absolute Gasteiger partial charge is 0.477 e. The van der Waals surface area contributed by atoms with Crippen molar-refractivity contribution < 1.29 is 173 Å². The Morgan fingerprint density at radius 1 is 0.432 bits per heavy atom. The third-order valence-corrected chi connectivity index (χ3v) is 24.3. The van der Waals surface area contributed by atoms with E-state index in [9.17, 15) is 116 Å². The van der Waals surface area contributed by atoms with Crippen LogP contribution in [0.1, 0.15) is 259 Å². The van der Waals surface area contributed by atoms with E-state index >= 15 is 0 Å². The van der Waals surface area contributed by atoms with Gasteiger partial charge in [-0.3, -0.25) is 14.4 Å². The molecular formula is C87H155N3O35. The molecule has 3 amide bonds. The molecule has 0 saturated carbocycles. The standard InChI is InChI=1S/C87H155N3O35/c1-6-8-10-12-14-16-18-20-21-22-23-24-25-26-27-28-29-31-33-35-37-39-41-43-62(101)90-54(55(98)42-40-38-36-34-32-30-19-17-15-13-11-9-7-2)50-114-82-72(109)70(107)75(60(48-94)119-82)120-84-73(110)79(67(104)58(46-92)116-84)123-81-64(89-53(5)97)78(76(61(49-95)118-81)121-83-71(108)69(106)65(102)51(3)115-83)122-85-74(111)80(68(105)59(47-93)117-85)125-87(86(112)113)44-56(99)63(88-52(4)96)77(124-87)66(103)57(100)45-91/h20-21,40,42,51,54-61,63-85,91-95,98-100,102-111H,6-19,22-39,41,43-50H2,1-5H3,(H,88,96)(H,89,97)(H,90,101)(H,112,113)/b21-20-,42-40+/t51?,54-,55+,56?,57+,58?,59?,60?,61?,63+,64?,65+,66+,67-,68-,69?,70+,71-,72?,73?,74?,75+,76+,77?,78+,79-,80-,81-,82+,83+,84-,85-,87-/m0/s1. The molecule has 728 valence electrons. The van der Waals surface area contributed by atoms with E-state index in [0.717, 1.165) is 71.6 Å². The van der Waals surface area contributed by atoms with E-state index in [4.69, 9.17) is 56.8 Å². The van der Waals surface area contributed by atoms with Crippen molar-refractivity contribution in [3.63, 3.8) is 0 Å². The number of carbonyl (C=O) groups is 4. The number of hydrogen-bond donors (Lipinski definition) is 22. The lowest BCUT2D eigenvalue weighted by molar-refractivity contribution is -0.399. The van der Waals surface area contributed by atoms with Gasteiger partial charge in [0, 0.05) is 26.7 Å². The highest BCUT2D eigenvalue weighted by molar-refractivity contribution is 5.77. The van der Waals surface area contributed by atoms with Crippen molar-refractivity contribution in [1.82, 2.24) is 16.0 Å². The zero-order valence-corrected chi connectivity index (χ0v) is 73.8. The number of amides is 3. The highest BCUT2D eigenvalue weighted by Crippen LogP contribution is 2.41. The second-order valence-electron chi connectivity index (χ2n) is 34.5. The normalized spacial score (nSPS) is 35.1. The zero-order valence-electron chi connectivity index (χ0n) is 73.8. The molecule has 6 saturated heterocycles. The molecule has 6 rings (SSSR count). The summed E-state index contributed by atoms with van der Waals surface area (Å²) in [7, 11) is 0. The Balaban J connectivity index is 1.15. The predicted octanol–water partition coefficient (Wildman–Crippen LogP) is 0.706. The first-order valence-electron chi connectivity index (χ1n) is 46.1. The number of aliphatic carboxylic acids is 1. The molecule has 6 aliphatic heterocycles. The third kappa shape index (κ3) is 34.6. The first-order chi connectivity index (χ1) is 60.0. The first-order valence-corrected chi connectivity index (χ1v) is 46.1. The molecule has 12 unspecified atom stereocenters. The zero-order chi connectivity index (χ0) is 91.7. The van der Waals surface area contributed by atoms with Gasteiger partial charge in [0.05, 0.1) is 70.0 Å². The van der Waals surface area contributed by atoms with Crippen LogP contribution < -0.4 is 16.0 Å². The van der Waals surface area contributed by atoms with E-state index in [1.807, 2.05) is 6.08 Å². The number of hydrogen-bond acceptors (Lipinski definition) is 34. The second kappa shape index (κ2) is 58.9. The maximum absolute atomic E-state index is 13.7. The SMILES string of the molecule is CCCCCCCC/C=C\CCCCCCCCCCCCCCCC(=O)N[C@@H](CO[C@@H]1OC(CO)[C@@H](O[C@@H]2OC(CO)[C@H](O)[C@H](O[C@@H]3OC(CO)[C@@H](O[C@H]4OC(C)[C@@H](O)C(O)[C@@H]4O)[C@H](O[C@@H]4OC(CO)[C@H](O)[C@H](O[C@]5(C(=O)O)CC(O)[C@@H](NC(C)=O)C([C@H](O)[C@H](O)CO)O5)C4O)C3NC(C)=O)C2O)[C@H](O)C1O)[C@H](O)/C=C/CCCCCCCCCCCCC. The smallest absolute Gasteiger partial charge is 0.364 e. The molecule has 0 aromatic heterocycles. The van der Waals surface area contributed by atoms with Gasteiger partial charge in [0.1, 0.15) is 134 Å². The lowest BCUT2D eigenvalue weighted by Gasteiger charge is -2.52. The van der Waals surface area contributed by atoms with Crippen molar-refractivity contribution in [1.29, 1.82) is 0 Å². The number of unbranched alkanes of at least 4 members (excludes halogenated alkanes) is 30. The Labute approximate surface area is 734 Å². The molecule has 125 heavy (non-hydrogen) atoms. The van der Waals surface area contributed by atoms with Gasteiger partial charge in [0.2, 0.25) is 17.7 Å². The van der Waals surface area contributed by atoms with Gasteiger partial charge in [-0.05, 0) is 51.9 Å². The highest BCUT2D eigenvalue weighted by atomic mass is 16.8. The number of nitrogens with one attached hydrogen (secondary N) is 3. The highest BCUT2D eigenvalue weighted by Gasteiger charge is 2.62. The van der Waals surface area contributed by atoms with Crippen LogP contribution in [0.25, 0.3) is 0 Å². The number of aliphatic hydroxyl groups excluding tert-OH is 18. The van der Waals surface area contributed by atoms with E-state index in [1.54, 1.807) is 6.08 Å². The number of aliphatic hydroxyl groups is 18. The van der Waals surface area contributed by atoms with E-state index in [2.05, 4.69) is 41.9 Å². The summed E-state index contributed by atoms with van der Waals surface area (Å²) < 4.78 is 72.4. The van der Waals surface area contributed by atoms with Crippen LogP contribution in [0.4, 0.5) is 0 Å². The molecule has 0 bridgehead atoms. The average Bonchev–Trinajstić information content (AvgIpc) is 0.752. The quantitative estimate of drug-likeness (QED) is 0.0294. The number of ether oxygens (including phenoxy) is 12. The summed E-state index contributed by atoms with van der Waals surface area (Å²) in [5.41, 5.74) is 0. The molecular weight excluding hydrogens is 1650 g/mol. The summed E-state index contributed by atoms with van der Waals surface area (Å²) in [4.78, 5) is 53.0. The van der Waals surface area contributed by atoms with E-state index in [0.29, 0.717) is 12.8 Å². The van der Waals surface area contributed by atoms with Crippen LogP contribution in [0, 0.1) is 0 Å².